The first-order chi connectivity index (χ1) is 33.5. The van der Waals surface area contributed by atoms with Crippen LogP contribution in [-0.2, 0) is 0 Å². The molecule has 0 aliphatic carbocycles. The molecule has 0 radical (unpaired) electrons. The van der Waals surface area contributed by atoms with Crippen LogP contribution in [-0.4, -0.2) is 152 Å². The molecule has 0 N–H and O–H groups in total. The lowest BCUT2D eigenvalue weighted by Crippen LogP contribution is -2.55. The molecule has 22 heteroatoms. The molecule has 3 heterocycles. The van der Waals surface area contributed by atoms with Gasteiger partial charge in [0.1, 0.15) is 118 Å². The molecule has 0 amide bonds. The maximum atomic E-state index is 5.61. The van der Waals surface area contributed by atoms with Gasteiger partial charge < -0.3 is 4.57 Å². The van der Waals surface area contributed by atoms with E-state index in [1.807, 2.05) is 18.2 Å². The lowest BCUT2D eigenvalue weighted by Gasteiger charge is -2.22. The summed E-state index contributed by atoms with van der Waals surface area (Å²) in [5.41, 5.74) is 27.2. The molecule has 0 unspecified atom stereocenters. The largest absolute Gasteiger partial charge is 0.309 e. The zero-order valence-corrected chi connectivity index (χ0v) is 43.4. The molecule has 3 aromatic heterocycles. The average Bonchev–Trinajstić information content (AvgIpc) is 3.71. The van der Waals surface area contributed by atoms with Crippen molar-refractivity contribution in [3.63, 3.8) is 0 Å². The molecular weight excluding hydrogens is 837 g/mol. The fraction of sp³-hybridized carbons (Fsp3) is 0. The van der Waals surface area contributed by atoms with E-state index in [0.29, 0.717) is 34.9 Å². The van der Waals surface area contributed by atoms with E-state index < -0.39 is 0 Å². The molecule has 10 aromatic rings. The number of aromatic nitrogens is 7. The summed E-state index contributed by atoms with van der Waals surface area (Å²) >= 11 is 0. The van der Waals surface area contributed by atoms with Gasteiger partial charge in [-0.05, 0) is 30.3 Å². The van der Waals surface area contributed by atoms with Crippen molar-refractivity contribution in [2.75, 3.05) is 0 Å². The van der Waals surface area contributed by atoms with E-state index in [4.69, 9.17) is 29.9 Å². The maximum Gasteiger partial charge on any atom is 0.166 e. The number of benzene rings is 7. The molecule has 0 fully saturated rings. The van der Waals surface area contributed by atoms with Crippen molar-refractivity contribution in [1.82, 2.24) is 34.5 Å². The maximum absolute atomic E-state index is 5.61. The molecular formula is C48H46B15N7. The van der Waals surface area contributed by atoms with Gasteiger partial charge in [0.15, 0.2) is 34.9 Å². The van der Waals surface area contributed by atoms with E-state index in [1.54, 1.807) is 0 Å². The summed E-state index contributed by atoms with van der Waals surface area (Å²) in [4.78, 5) is 32.7. The van der Waals surface area contributed by atoms with Gasteiger partial charge in [-0.2, -0.15) is 0 Å². The van der Waals surface area contributed by atoms with Crippen LogP contribution in [0.4, 0.5) is 0 Å². The highest BCUT2D eigenvalue weighted by Gasteiger charge is 2.26. The Morgan fingerprint density at radius 3 is 1.00 bits per heavy atom. The first kappa shape index (κ1) is 47.0. The number of fused-ring (bicyclic) bond motifs is 3. The van der Waals surface area contributed by atoms with Crippen LogP contribution in [0.5, 0.6) is 0 Å². The molecule has 70 heavy (non-hydrogen) atoms. The second kappa shape index (κ2) is 17.9. The van der Waals surface area contributed by atoms with Crippen LogP contribution in [0, 0.1) is 0 Å². The Labute approximate surface area is 424 Å². The summed E-state index contributed by atoms with van der Waals surface area (Å²) in [6.45, 7) is 0. The molecule has 0 aliphatic rings. The topological polar surface area (TPSA) is 82.3 Å². The summed E-state index contributed by atoms with van der Waals surface area (Å²) in [7, 11) is 33.1. The molecule has 7 aromatic carbocycles. The van der Waals surface area contributed by atoms with Gasteiger partial charge in [-0.15, -0.1) is 49.2 Å². The number of hydrogen-bond acceptors (Lipinski definition) is 6. The van der Waals surface area contributed by atoms with Crippen LogP contribution in [0.25, 0.3) is 95.8 Å². The molecule has 10 rings (SSSR count). The van der Waals surface area contributed by atoms with E-state index in [0.717, 1.165) is 50.1 Å². The smallest absolute Gasteiger partial charge is 0.166 e. The molecule has 0 saturated carbocycles. The summed E-state index contributed by atoms with van der Waals surface area (Å²) in [6, 6.07) is 34.0. The van der Waals surface area contributed by atoms with Crippen LogP contribution in [0.2, 0.25) is 0 Å². The van der Waals surface area contributed by atoms with Crippen LogP contribution in [0.1, 0.15) is 0 Å². The minimum Gasteiger partial charge on any atom is -0.309 e. The number of nitrogens with zero attached hydrogens (tertiary/aromatic N) is 7. The molecule has 0 saturated heterocycles. The number of rotatable bonds is 7. The first-order valence-corrected chi connectivity index (χ1v) is 24.4. The molecule has 0 aliphatic heterocycles. The van der Waals surface area contributed by atoms with Gasteiger partial charge in [-0.3, -0.25) is 0 Å². The third-order valence-corrected chi connectivity index (χ3v) is 16.3. The van der Waals surface area contributed by atoms with Gasteiger partial charge in [0.25, 0.3) is 0 Å². The number of hydrogen-bond donors (Lipinski definition) is 0. The highest BCUT2D eigenvalue weighted by Crippen LogP contribution is 2.38. The third kappa shape index (κ3) is 7.52. The molecule has 0 bridgehead atoms. The Bertz CT molecular complexity index is 3640. The average molecular weight is 883 g/mol. The van der Waals surface area contributed by atoms with Crippen molar-refractivity contribution in [2.45, 2.75) is 0 Å². The van der Waals surface area contributed by atoms with Crippen molar-refractivity contribution in [3.8, 4) is 74.0 Å². The molecule has 0 spiro atoms. The summed E-state index contributed by atoms with van der Waals surface area (Å²) < 4.78 is 2.36. The van der Waals surface area contributed by atoms with E-state index >= 15 is 0 Å². The summed E-state index contributed by atoms with van der Waals surface area (Å²) in [5.74, 6) is 3.70. The normalized spacial score (nSPS) is 11.4. The minimum atomic E-state index is 0.566. The van der Waals surface area contributed by atoms with Crippen LogP contribution in [0.15, 0.2) is 97.1 Å². The van der Waals surface area contributed by atoms with Crippen LogP contribution < -0.4 is 81.9 Å². The fourth-order valence-corrected chi connectivity index (χ4v) is 10.8. The lowest BCUT2D eigenvalue weighted by molar-refractivity contribution is 1.06. The van der Waals surface area contributed by atoms with E-state index in [-0.39, 0.29) is 0 Å². The zero-order valence-electron chi connectivity index (χ0n) is 43.4. The predicted molar refractivity (Wildman–Crippen MR) is 343 cm³/mol. The Hall–Kier alpha value is -6.67. The van der Waals surface area contributed by atoms with Gasteiger partial charge in [-0.25, -0.2) is 29.9 Å². The third-order valence-electron chi connectivity index (χ3n) is 16.3. The van der Waals surface area contributed by atoms with Gasteiger partial charge >= 0.3 is 0 Å². The Morgan fingerprint density at radius 1 is 0.271 bits per heavy atom. The standard InChI is InChI=1S/C48H46B15N7/c49-28-25(29(50)35(56)40(61)34(28)55)46-65-43(17-8-2-1-3-9-17)64-44(66-46)18-14-15-24(70-22-12-6-4-10-19(22)20-11-5-7-13-23(20)70)21(16-18)45-67-47(26-30(51)36(57)41(62)37(58)31(26)52)69-48(68-45)27-32(53)38(59)42(63)39(60)33(27)54/h1-16H,49-63H2. The molecule has 7 nitrogen and oxygen atoms in total. The Balaban J connectivity index is 1.34. The van der Waals surface area contributed by atoms with Crippen LogP contribution in [0.3, 0.4) is 0 Å². The van der Waals surface area contributed by atoms with Gasteiger partial charge in [0.2, 0.25) is 0 Å². The van der Waals surface area contributed by atoms with E-state index in [2.05, 4.69) is 201 Å². The zero-order chi connectivity index (χ0) is 49.6. The van der Waals surface area contributed by atoms with Gasteiger partial charge in [0, 0.05) is 44.2 Å². The summed E-state index contributed by atoms with van der Waals surface area (Å²) in [6.07, 6.45) is 0. The van der Waals surface area contributed by atoms with Crippen molar-refractivity contribution in [2.24, 2.45) is 0 Å². The van der Waals surface area contributed by atoms with Gasteiger partial charge in [0.05, 0.1) is 16.7 Å². The lowest BCUT2D eigenvalue weighted by atomic mass is 9.60. The predicted octanol–water partition coefficient (Wildman–Crippen LogP) is -15.0. The molecule has 0 atom stereocenters. The quantitative estimate of drug-likeness (QED) is 0.148. The van der Waals surface area contributed by atoms with Crippen molar-refractivity contribution < 1.29 is 0 Å². The molecule has 318 valence electrons. The SMILES string of the molecule is Bc1c(B)c(B)c(-c2nc(-c3ccccc3)nc(-c3ccc(-n4c5ccccc5c5ccccc54)c(-c4nc(-c5c(B)c(B)c(B)c(B)c5B)nc(-c5c(B)c(B)c(B)c(B)c5B)n4)c3)n2)c(B)c1B. The van der Waals surface area contributed by atoms with Crippen molar-refractivity contribution in [3.05, 3.63) is 97.1 Å². The second-order valence-electron chi connectivity index (χ2n) is 19.6. The Morgan fingerprint density at radius 2 is 0.586 bits per heavy atom. The fourth-order valence-electron chi connectivity index (χ4n) is 10.8. The van der Waals surface area contributed by atoms with E-state index in [9.17, 15) is 0 Å². The van der Waals surface area contributed by atoms with Crippen LogP contribution >= 0.6 is 0 Å². The number of para-hydroxylation sites is 2. The van der Waals surface area contributed by atoms with Crippen molar-refractivity contribution in [1.29, 1.82) is 0 Å². The monoisotopic (exact) mass is 886 g/mol. The summed E-state index contributed by atoms with van der Waals surface area (Å²) in [5, 5.41) is 2.34. The van der Waals surface area contributed by atoms with Gasteiger partial charge in [-0.1, -0.05) is 99.5 Å². The highest BCUT2D eigenvalue weighted by atomic mass is 15.1. The Kier molecular flexibility index (Phi) is 12.1. The highest BCUT2D eigenvalue weighted by molar-refractivity contribution is 6.71. The first-order valence-electron chi connectivity index (χ1n) is 24.4. The van der Waals surface area contributed by atoms with Crippen molar-refractivity contribution >= 4 is 221 Å². The second-order valence-corrected chi connectivity index (χ2v) is 19.6. The minimum absolute atomic E-state index is 0.566. The van der Waals surface area contributed by atoms with E-state index in [1.165, 1.54) is 92.7 Å².